The number of carbonyl (C=O) groups excluding carboxylic acids is 1. The molecule has 3 aromatic rings. The van der Waals surface area contributed by atoms with Gasteiger partial charge in [-0.1, -0.05) is 50.3 Å². The smallest absolute Gasteiger partial charge is 0.199 e. The second-order valence-corrected chi connectivity index (χ2v) is 9.23. The Kier molecular flexibility index (Phi) is 9.17. The summed E-state index contributed by atoms with van der Waals surface area (Å²) in [6.07, 6.45) is 15.3. The van der Waals surface area contributed by atoms with Crippen LogP contribution < -0.4 is 9.88 Å². The van der Waals surface area contributed by atoms with E-state index in [2.05, 4.69) is 53.2 Å². The molecule has 168 valence electrons. The fraction of sp³-hybridized carbons (Fsp3) is 0.370. The number of pyridine rings is 1. The summed E-state index contributed by atoms with van der Waals surface area (Å²) >= 11 is 1.45. The molecule has 0 atom stereocenters. The molecule has 0 spiro atoms. The predicted molar refractivity (Wildman–Crippen MR) is 134 cm³/mol. The summed E-state index contributed by atoms with van der Waals surface area (Å²) in [6, 6.07) is 12.3. The summed E-state index contributed by atoms with van der Waals surface area (Å²) in [6.45, 7) is 7.25. The number of benzene rings is 1. The number of aromatic nitrogens is 2. The molecule has 0 radical (unpaired) electrons. The van der Waals surface area contributed by atoms with E-state index in [1.54, 1.807) is 12.3 Å². The van der Waals surface area contributed by atoms with E-state index >= 15 is 0 Å². The van der Waals surface area contributed by atoms with Crippen molar-refractivity contribution in [2.24, 2.45) is 0 Å². The van der Waals surface area contributed by atoms with Crippen molar-refractivity contribution in [1.29, 1.82) is 0 Å². The zero-order chi connectivity index (χ0) is 22.8. The molecule has 0 saturated heterocycles. The minimum Gasteiger partial charge on any atom is -0.362 e. The molecule has 0 aliphatic rings. The fourth-order valence-electron chi connectivity index (χ4n) is 3.51. The standard InChI is InChI=1S/C27H33N3OS/c1-4-5-6-7-8-9-18-30-19-15-23(16-20-30)27-29-22(3)26(32-27)25(31)14-17-28-24-12-10-21(2)11-13-24/h10-17,19-20H,4-9,18H2,1-3H3/p+1. The molecule has 4 nitrogen and oxygen atoms in total. The first-order chi connectivity index (χ1) is 15.6. The van der Waals surface area contributed by atoms with Crippen LogP contribution in [0.25, 0.3) is 10.6 Å². The Bertz CT molecular complexity index is 1020. The Hall–Kier alpha value is -2.79. The first kappa shape index (κ1) is 23.9. The Morgan fingerprint density at radius 2 is 1.69 bits per heavy atom. The number of nitrogens with zero attached hydrogens (tertiary/aromatic N) is 2. The van der Waals surface area contributed by atoms with Crippen LogP contribution in [-0.2, 0) is 6.54 Å². The lowest BCUT2D eigenvalue weighted by Crippen LogP contribution is -2.32. The lowest BCUT2D eigenvalue weighted by atomic mass is 10.1. The number of hydrogen-bond donors (Lipinski definition) is 1. The van der Waals surface area contributed by atoms with Crippen LogP contribution in [0.15, 0.2) is 61.1 Å². The molecule has 32 heavy (non-hydrogen) atoms. The minimum atomic E-state index is -0.0278. The zero-order valence-electron chi connectivity index (χ0n) is 19.4. The highest BCUT2D eigenvalue weighted by molar-refractivity contribution is 7.17. The van der Waals surface area contributed by atoms with Gasteiger partial charge in [-0.2, -0.15) is 0 Å². The molecule has 0 fully saturated rings. The number of thiazole rings is 1. The normalized spacial score (nSPS) is 11.2. The highest BCUT2D eigenvalue weighted by Gasteiger charge is 2.15. The molecule has 2 aromatic heterocycles. The van der Waals surface area contributed by atoms with Crippen LogP contribution in [0.4, 0.5) is 5.69 Å². The first-order valence-electron chi connectivity index (χ1n) is 11.6. The van der Waals surface area contributed by atoms with Gasteiger partial charge in [-0.25, -0.2) is 9.55 Å². The van der Waals surface area contributed by atoms with E-state index in [-0.39, 0.29) is 5.78 Å². The summed E-state index contributed by atoms with van der Waals surface area (Å²) < 4.78 is 2.23. The van der Waals surface area contributed by atoms with E-state index in [0.717, 1.165) is 28.5 Å². The molecule has 0 unspecified atom stereocenters. The van der Waals surface area contributed by atoms with Gasteiger partial charge >= 0.3 is 0 Å². The Morgan fingerprint density at radius 1 is 1.00 bits per heavy atom. The van der Waals surface area contributed by atoms with Crippen molar-refractivity contribution in [3.63, 3.8) is 0 Å². The van der Waals surface area contributed by atoms with Crippen LogP contribution >= 0.6 is 11.3 Å². The van der Waals surface area contributed by atoms with Crippen LogP contribution in [-0.4, -0.2) is 10.8 Å². The van der Waals surface area contributed by atoms with E-state index in [9.17, 15) is 4.79 Å². The molecule has 5 heteroatoms. The summed E-state index contributed by atoms with van der Waals surface area (Å²) in [4.78, 5) is 18.0. The summed E-state index contributed by atoms with van der Waals surface area (Å²) in [5, 5.41) is 4.03. The molecule has 0 bridgehead atoms. The predicted octanol–water partition coefficient (Wildman–Crippen LogP) is 6.88. The largest absolute Gasteiger partial charge is 0.362 e. The topological polar surface area (TPSA) is 45.9 Å². The summed E-state index contributed by atoms with van der Waals surface area (Å²) in [5.74, 6) is -0.0278. The molecular formula is C27H34N3OS+. The highest BCUT2D eigenvalue weighted by atomic mass is 32.1. The van der Waals surface area contributed by atoms with Crippen LogP contribution in [0.3, 0.4) is 0 Å². The van der Waals surface area contributed by atoms with Gasteiger partial charge in [0.1, 0.15) is 11.6 Å². The molecule has 0 saturated carbocycles. The van der Waals surface area contributed by atoms with Crippen molar-refractivity contribution in [2.45, 2.75) is 65.8 Å². The SMILES string of the molecule is CCCCCCCC[n+]1ccc(-c2nc(C)c(C(=O)/C=C\Nc3ccc(C)cc3)s2)cc1. The Labute approximate surface area is 196 Å². The number of aryl methyl sites for hydroxylation is 3. The molecule has 0 amide bonds. The van der Waals surface area contributed by atoms with Gasteiger partial charge in [0, 0.05) is 42.1 Å². The second kappa shape index (κ2) is 12.3. The number of carbonyl (C=O) groups is 1. The third-order valence-corrected chi connectivity index (χ3v) is 6.69. The average Bonchev–Trinajstić information content (AvgIpc) is 3.19. The van der Waals surface area contributed by atoms with Crippen molar-refractivity contribution in [3.05, 3.63) is 77.2 Å². The van der Waals surface area contributed by atoms with Crippen molar-refractivity contribution in [2.75, 3.05) is 5.32 Å². The number of allylic oxidation sites excluding steroid dienone is 1. The lowest BCUT2D eigenvalue weighted by molar-refractivity contribution is -0.697. The van der Waals surface area contributed by atoms with E-state index in [1.807, 2.05) is 31.2 Å². The van der Waals surface area contributed by atoms with E-state index in [1.165, 1.54) is 55.4 Å². The first-order valence-corrected chi connectivity index (χ1v) is 12.4. The summed E-state index contributed by atoms with van der Waals surface area (Å²) in [5.41, 5.74) is 3.99. The van der Waals surface area contributed by atoms with Crippen molar-refractivity contribution < 1.29 is 9.36 Å². The number of hydrogen-bond acceptors (Lipinski definition) is 4. The van der Waals surface area contributed by atoms with Crippen LogP contribution in [0.2, 0.25) is 0 Å². The van der Waals surface area contributed by atoms with Gasteiger partial charge in [-0.3, -0.25) is 4.79 Å². The van der Waals surface area contributed by atoms with E-state index in [0.29, 0.717) is 4.88 Å². The maximum absolute atomic E-state index is 12.7. The third-order valence-electron chi connectivity index (χ3n) is 5.46. The molecule has 3 rings (SSSR count). The van der Waals surface area contributed by atoms with Gasteiger partial charge < -0.3 is 5.32 Å². The zero-order valence-corrected chi connectivity index (χ0v) is 20.3. The van der Waals surface area contributed by atoms with Crippen molar-refractivity contribution >= 4 is 22.8 Å². The number of ketones is 1. The Balaban J connectivity index is 1.55. The molecule has 1 aromatic carbocycles. The minimum absolute atomic E-state index is 0.0278. The van der Waals surface area contributed by atoms with Crippen LogP contribution in [0, 0.1) is 13.8 Å². The van der Waals surface area contributed by atoms with Gasteiger partial charge in [-0.05, 0) is 32.4 Å². The van der Waals surface area contributed by atoms with Gasteiger partial charge in [0.05, 0.1) is 10.6 Å². The van der Waals surface area contributed by atoms with Gasteiger partial charge in [0.25, 0.3) is 0 Å². The average molecular weight is 449 g/mol. The van der Waals surface area contributed by atoms with Crippen LogP contribution in [0.1, 0.15) is 66.4 Å². The number of anilines is 1. The number of rotatable bonds is 12. The van der Waals surface area contributed by atoms with E-state index < -0.39 is 0 Å². The molecule has 2 heterocycles. The third kappa shape index (κ3) is 7.13. The van der Waals surface area contributed by atoms with Gasteiger partial charge in [0.15, 0.2) is 18.2 Å². The summed E-state index contributed by atoms with van der Waals surface area (Å²) in [7, 11) is 0. The Morgan fingerprint density at radius 3 is 2.41 bits per heavy atom. The maximum Gasteiger partial charge on any atom is 0.199 e. The highest BCUT2D eigenvalue weighted by Crippen LogP contribution is 2.28. The maximum atomic E-state index is 12.7. The molecular weight excluding hydrogens is 414 g/mol. The molecule has 0 aliphatic heterocycles. The van der Waals surface area contributed by atoms with Gasteiger partial charge in [-0.15, -0.1) is 11.3 Å². The van der Waals surface area contributed by atoms with Gasteiger partial charge in [0.2, 0.25) is 0 Å². The fourth-order valence-corrected chi connectivity index (χ4v) is 4.50. The monoisotopic (exact) mass is 448 g/mol. The van der Waals surface area contributed by atoms with Crippen LogP contribution in [0.5, 0.6) is 0 Å². The number of nitrogens with one attached hydrogen (secondary N) is 1. The number of unbranched alkanes of at least 4 members (excludes halogenated alkanes) is 5. The molecule has 1 N–H and O–H groups in total. The van der Waals surface area contributed by atoms with E-state index in [4.69, 9.17) is 0 Å². The lowest BCUT2D eigenvalue weighted by Gasteiger charge is -2.00. The van der Waals surface area contributed by atoms with Crippen molar-refractivity contribution in [3.8, 4) is 10.6 Å². The second-order valence-electron chi connectivity index (χ2n) is 8.23. The molecule has 0 aliphatic carbocycles. The quantitative estimate of drug-likeness (QED) is 0.142. The van der Waals surface area contributed by atoms with Crippen molar-refractivity contribution in [1.82, 2.24) is 4.98 Å².